The molecule has 1 saturated heterocycles. The zero-order valence-electron chi connectivity index (χ0n) is 10.6. The number of halogens is 1. The molecule has 0 saturated carbocycles. The molecule has 2 rings (SSSR count). The fraction of sp³-hybridized carbons (Fsp3) is 0.385. The van der Waals surface area contributed by atoms with E-state index < -0.39 is 0 Å². The van der Waals surface area contributed by atoms with Crippen molar-refractivity contribution < 1.29 is 9.18 Å². The Kier molecular flexibility index (Phi) is 3.43. The van der Waals surface area contributed by atoms with Gasteiger partial charge in [-0.25, -0.2) is 4.39 Å². The fourth-order valence-corrected chi connectivity index (χ4v) is 2.67. The van der Waals surface area contributed by atoms with Crippen LogP contribution in [0.25, 0.3) is 0 Å². The van der Waals surface area contributed by atoms with Gasteiger partial charge in [-0.05, 0) is 36.1 Å². The maximum absolute atomic E-state index is 13.6. The van der Waals surface area contributed by atoms with E-state index in [1.165, 1.54) is 22.7 Å². The number of amidine groups is 1. The van der Waals surface area contributed by atoms with Crippen LogP contribution >= 0.6 is 11.8 Å². The standard InChI is InChI=1S/C13H15FN2OS/c1-7(2)9-5-10(14)8(3)4-11(9)16-12(17)6-18-13(16)15/h4-5,7,15H,6H2,1-3H3. The number of carbonyl (C=O) groups is 1. The summed E-state index contributed by atoms with van der Waals surface area (Å²) in [5.74, 6) is -0.000217. The summed E-state index contributed by atoms with van der Waals surface area (Å²) in [6, 6.07) is 3.13. The molecule has 1 amide bonds. The van der Waals surface area contributed by atoms with Crippen LogP contribution in [0.1, 0.15) is 30.9 Å². The molecular formula is C13H15FN2OS. The quantitative estimate of drug-likeness (QED) is 0.892. The molecule has 5 heteroatoms. The highest BCUT2D eigenvalue weighted by Crippen LogP contribution is 2.34. The van der Waals surface area contributed by atoms with Crippen molar-refractivity contribution in [3.63, 3.8) is 0 Å². The minimum absolute atomic E-state index is 0.0984. The Labute approximate surface area is 110 Å². The molecule has 3 nitrogen and oxygen atoms in total. The molecule has 0 aliphatic carbocycles. The van der Waals surface area contributed by atoms with Crippen LogP contribution < -0.4 is 4.90 Å². The minimum atomic E-state index is -0.270. The molecular weight excluding hydrogens is 251 g/mol. The number of carbonyl (C=O) groups excluding carboxylic acids is 1. The van der Waals surface area contributed by atoms with E-state index in [4.69, 9.17) is 5.41 Å². The van der Waals surface area contributed by atoms with E-state index in [2.05, 4.69) is 0 Å². The highest BCUT2D eigenvalue weighted by atomic mass is 32.2. The third kappa shape index (κ3) is 2.14. The average Bonchev–Trinajstić information content (AvgIpc) is 2.62. The third-order valence-corrected chi connectivity index (χ3v) is 3.80. The summed E-state index contributed by atoms with van der Waals surface area (Å²) in [5, 5.41) is 8.03. The van der Waals surface area contributed by atoms with Crippen LogP contribution in [0.15, 0.2) is 12.1 Å². The Morgan fingerprint density at radius 3 is 2.61 bits per heavy atom. The molecule has 1 aliphatic heterocycles. The van der Waals surface area contributed by atoms with Crippen molar-refractivity contribution in [3.8, 4) is 0 Å². The van der Waals surface area contributed by atoms with E-state index in [0.717, 1.165) is 5.56 Å². The first-order valence-corrected chi connectivity index (χ1v) is 6.74. The SMILES string of the molecule is Cc1cc(N2C(=N)SCC2=O)c(C(C)C)cc1F. The van der Waals surface area contributed by atoms with Crippen molar-refractivity contribution in [2.75, 3.05) is 10.7 Å². The van der Waals surface area contributed by atoms with Crippen molar-refractivity contribution in [2.24, 2.45) is 0 Å². The second kappa shape index (κ2) is 4.72. The fourth-order valence-electron chi connectivity index (χ4n) is 1.95. The Morgan fingerprint density at radius 1 is 1.44 bits per heavy atom. The molecule has 18 heavy (non-hydrogen) atoms. The van der Waals surface area contributed by atoms with Crippen LogP contribution in [0.4, 0.5) is 10.1 Å². The maximum Gasteiger partial charge on any atom is 0.243 e. The number of hydrogen-bond acceptors (Lipinski definition) is 3. The van der Waals surface area contributed by atoms with Crippen LogP contribution in [0.2, 0.25) is 0 Å². The highest BCUT2D eigenvalue weighted by molar-refractivity contribution is 8.15. The van der Waals surface area contributed by atoms with Crippen LogP contribution in [0.5, 0.6) is 0 Å². The van der Waals surface area contributed by atoms with E-state index >= 15 is 0 Å². The largest absolute Gasteiger partial charge is 0.278 e. The van der Waals surface area contributed by atoms with E-state index in [9.17, 15) is 9.18 Å². The molecule has 0 atom stereocenters. The number of hydrogen-bond donors (Lipinski definition) is 1. The third-order valence-electron chi connectivity index (χ3n) is 2.96. The summed E-state index contributed by atoms with van der Waals surface area (Å²) in [5.41, 5.74) is 1.90. The Bertz CT molecular complexity index is 512. The van der Waals surface area contributed by atoms with Gasteiger partial charge in [0.15, 0.2) is 5.17 Å². The summed E-state index contributed by atoms with van der Waals surface area (Å²) < 4.78 is 13.6. The molecule has 1 aromatic carbocycles. The molecule has 0 aromatic heterocycles. The lowest BCUT2D eigenvalue weighted by Gasteiger charge is -2.21. The highest BCUT2D eigenvalue weighted by Gasteiger charge is 2.30. The predicted molar refractivity (Wildman–Crippen MR) is 72.9 cm³/mol. The zero-order valence-corrected chi connectivity index (χ0v) is 11.4. The molecule has 0 radical (unpaired) electrons. The van der Waals surface area contributed by atoms with Gasteiger partial charge in [0.2, 0.25) is 5.91 Å². The number of anilines is 1. The summed E-state index contributed by atoms with van der Waals surface area (Å²) in [4.78, 5) is 13.2. The molecule has 0 spiro atoms. The van der Waals surface area contributed by atoms with Crippen molar-refractivity contribution in [3.05, 3.63) is 29.1 Å². The molecule has 1 aliphatic rings. The average molecular weight is 266 g/mol. The minimum Gasteiger partial charge on any atom is -0.278 e. The molecule has 0 bridgehead atoms. The summed E-state index contributed by atoms with van der Waals surface area (Å²) in [7, 11) is 0. The van der Waals surface area contributed by atoms with Crippen molar-refractivity contribution in [2.45, 2.75) is 26.7 Å². The van der Waals surface area contributed by atoms with Gasteiger partial charge in [-0.15, -0.1) is 0 Å². The van der Waals surface area contributed by atoms with E-state index in [-0.39, 0.29) is 28.6 Å². The van der Waals surface area contributed by atoms with E-state index in [1.807, 2.05) is 13.8 Å². The van der Waals surface area contributed by atoms with Crippen molar-refractivity contribution >= 4 is 28.5 Å². The number of thioether (sulfide) groups is 1. The first-order valence-electron chi connectivity index (χ1n) is 5.76. The zero-order chi connectivity index (χ0) is 13.4. The van der Waals surface area contributed by atoms with Crippen LogP contribution in [-0.4, -0.2) is 16.8 Å². The monoisotopic (exact) mass is 266 g/mol. The van der Waals surface area contributed by atoms with Gasteiger partial charge < -0.3 is 0 Å². The summed E-state index contributed by atoms with van der Waals surface area (Å²) >= 11 is 1.20. The van der Waals surface area contributed by atoms with Crippen LogP contribution in [0, 0.1) is 18.2 Å². The summed E-state index contributed by atoms with van der Waals surface area (Å²) in [6.45, 7) is 5.57. The lowest BCUT2D eigenvalue weighted by molar-refractivity contribution is -0.115. The van der Waals surface area contributed by atoms with Crippen molar-refractivity contribution in [1.29, 1.82) is 5.41 Å². The van der Waals surface area contributed by atoms with Gasteiger partial charge in [-0.2, -0.15) is 0 Å². The normalized spacial score (nSPS) is 15.9. The molecule has 1 heterocycles. The Balaban J connectivity index is 2.58. The van der Waals surface area contributed by atoms with Gasteiger partial charge in [0, 0.05) is 0 Å². The van der Waals surface area contributed by atoms with Crippen LogP contribution in [-0.2, 0) is 4.79 Å². The molecule has 1 aromatic rings. The summed E-state index contributed by atoms with van der Waals surface area (Å²) in [6.07, 6.45) is 0. The van der Waals surface area contributed by atoms with Gasteiger partial charge in [0.25, 0.3) is 0 Å². The number of nitrogens with one attached hydrogen (secondary N) is 1. The maximum atomic E-state index is 13.6. The predicted octanol–water partition coefficient (Wildman–Crippen LogP) is 3.27. The number of amides is 1. The van der Waals surface area contributed by atoms with Gasteiger partial charge in [-0.1, -0.05) is 25.6 Å². The van der Waals surface area contributed by atoms with E-state index in [0.29, 0.717) is 11.3 Å². The van der Waals surface area contributed by atoms with E-state index in [1.54, 1.807) is 13.0 Å². The second-order valence-corrected chi connectivity index (χ2v) is 5.60. The number of aryl methyl sites for hydroxylation is 1. The van der Waals surface area contributed by atoms with Gasteiger partial charge in [0.1, 0.15) is 5.82 Å². The van der Waals surface area contributed by atoms with Gasteiger partial charge >= 0.3 is 0 Å². The topological polar surface area (TPSA) is 44.2 Å². The number of benzene rings is 1. The number of nitrogens with zero attached hydrogens (tertiary/aromatic N) is 1. The lowest BCUT2D eigenvalue weighted by Crippen LogP contribution is -2.30. The first-order chi connectivity index (χ1) is 8.41. The first kappa shape index (κ1) is 13.1. The second-order valence-electron chi connectivity index (χ2n) is 4.64. The Morgan fingerprint density at radius 2 is 2.11 bits per heavy atom. The van der Waals surface area contributed by atoms with Gasteiger partial charge in [0.05, 0.1) is 11.4 Å². The van der Waals surface area contributed by atoms with Crippen LogP contribution in [0.3, 0.4) is 0 Å². The Hall–Kier alpha value is -1.36. The smallest absolute Gasteiger partial charge is 0.243 e. The molecule has 0 unspecified atom stereocenters. The molecule has 96 valence electrons. The van der Waals surface area contributed by atoms with Gasteiger partial charge in [-0.3, -0.25) is 15.1 Å². The lowest BCUT2D eigenvalue weighted by atomic mass is 9.98. The molecule has 1 N–H and O–H groups in total. The van der Waals surface area contributed by atoms with Crippen molar-refractivity contribution in [1.82, 2.24) is 0 Å². The molecule has 1 fully saturated rings. The number of rotatable bonds is 2.